The first-order valence-corrected chi connectivity index (χ1v) is 5.40. The van der Waals surface area contributed by atoms with Crippen molar-refractivity contribution < 1.29 is 9.90 Å². The maximum absolute atomic E-state index is 11.9. The van der Waals surface area contributed by atoms with E-state index in [4.69, 9.17) is 0 Å². The molecule has 86 valence electrons. The molecule has 0 radical (unpaired) electrons. The summed E-state index contributed by atoms with van der Waals surface area (Å²) in [5, 5.41) is 10.4. The zero-order valence-corrected chi connectivity index (χ0v) is 10.1. The average Bonchev–Trinajstić information content (AvgIpc) is 2.08. The number of nitrogens with zero attached hydrogens (tertiary/aromatic N) is 1. The second-order valence-corrected chi connectivity index (χ2v) is 5.25. The van der Waals surface area contributed by atoms with Gasteiger partial charge in [-0.15, -0.1) is 0 Å². The van der Waals surface area contributed by atoms with Gasteiger partial charge in [-0.3, -0.25) is 4.79 Å². The summed E-state index contributed by atoms with van der Waals surface area (Å²) >= 11 is 0. The Labute approximate surface area is 91.8 Å². The van der Waals surface area contributed by atoms with Crippen molar-refractivity contribution >= 4 is 5.91 Å². The van der Waals surface area contributed by atoms with Gasteiger partial charge in [0.15, 0.2) is 0 Å². The lowest BCUT2D eigenvalue weighted by molar-refractivity contribution is -0.197. The summed E-state index contributed by atoms with van der Waals surface area (Å²) in [6.45, 7) is 11.6. The minimum Gasteiger partial charge on any atom is -0.370 e. The summed E-state index contributed by atoms with van der Waals surface area (Å²) in [6, 6.07) is 0. The van der Waals surface area contributed by atoms with Gasteiger partial charge in [0, 0.05) is 17.5 Å². The third-order valence-corrected chi connectivity index (χ3v) is 3.60. The number of hydrogen-bond acceptors (Lipinski definition) is 2. The van der Waals surface area contributed by atoms with Crippen LogP contribution in [0.2, 0.25) is 0 Å². The van der Waals surface area contributed by atoms with Gasteiger partial charge in [0.25, 0.3) is 5.91 Å². The molecular weight excluding hydrogens is 190 g/mol. The number of hydrogen-bond donors (Lipinski definition) is 1. The van der Waals surface area contributed by atoms with Gasteiger partial charge >= 0.3 is 0 Å². The van der Waals surface area contributed by atoms with Crippen LogP contribution < -0.4 is 0 Å². The molecule has 0 aliphatic carbocycles. The highest BCUT2D eigenvalue weighted by atomic mass is 16.3. The van der Waals surface area contributed by atoms with Gasteiger partial charge in [0.1, 0.15) is 5.72 Å². The van der Waals surface area contributed by atoms with Crippen molar-refractivity contribution in [2.24, 2.45) is 5.41 Å². The van der Waals surface area contributed by atoms with Crippen molar-refractivity contribution in [3.05, 3.63) is 12.2 Å². The lowest BCUT2D eigenvalue weighted by Crippen LogP contribution is -2.61. The number of likely N-dealkylation sites (tertiary alicyclic amines) is 1. The van der Waals surface area contributed by atoms with Crippen LogP contribution in [0.25, 0.3) is 0 Å². The highest BCUT2D eigenvalue weighted by molar-refractivity contribution is 5.92. The average molecular weight is 211 g/mol. The first-order valence-electron chi connectivity index (χ1n) is 5.40. The third kappa shape index (κ3) is 1.93. The monoisotopic (exact) mass is 211 g/mol. The Bertz CT molecular complexity index is 292. The quantitative estimate of drug-likeness (QED) is 0.673. The fourth-order valence-corrected chi connectivity index (χ4v) is 2.03. The van der Waals surface area contributed by atoms with Crippen LogP contribution in [0.5, 0.6) is 0 Å². The summed E-state index contributed by atoms with van der Waals surface area (Å²) < 4.78 is 0. The molecule has 0 aromatic carbocycles. The smallest absolute Gasteiger partial charge is 0.251 e. The van der Waals surface area contributed by atoms with E-state index in [1.807, 2.05) is 13.8 Å². The Balaban J connectivity index is 3.00. The maximum atomic E-state index is 11.9. The van der Waals surface area contributed by atoms with Gasteiger partial charge in [0.05, 0.1) is 0 Å². The van der Waals surface area contributed by atoms with E-state index in [1.165, 1.54) is 0 Å². The molecular formula is C12H21NO2. The van der Waals surface area contributed by atoms with Crippen molar-refractivity contribution in [3.63, 3.8) is 0 Å². The Morgan fingerprint density at radius 1 is 1.40 bits per heavy atom. The first-order chi connectivity index (χ1) is 6.70. The molecule has 3 nitrogen and oxygen atoms in total. The van der Waals surface area contributed by atoms with E-state index >= 15 is 0 Å². The van der Waals surface area contributed by atoms with Crippen molar-refractivity contribution in [2.75, 3.05) is 6.54 Å². The SMILES string of the molecule is C=C(C)C(=O)N1CCCC(C)(C)C1(C)O. The Kier molecular flexibility index (Phi) is 2.97. The predicted molar refractivity (Wildman–Crippen MR) is 60.2 cm³/mol. The number of carbonyl (C=O) groups is 1. The fraction of sp³-hybridized carbons (Fsp3) is 0.750. The molecule has 1 amide bonds. The topological polar surface area (TPSA) is 40.5 Å². The lowest BCUT2D eigenvalue weighted by Gasteiger charge is -2.51. The molecule has 1 atom stereocenters. The van der Waals surface area contributed by atoms with Crippen LogP contribution in [0.4, 0.5) is 0 Å². The number of rotatable bonds is 1. The summed E-state index contributed by atoms with van der Waals surface area (Å²) in [7, 11) is 0. The number of amides is 1. The van der Waals surface area contributed by atoms with E-state index < -0.39 is 5.72 Å². The predicted octanol–water partition coefficient (Wildman–Crippen LogP) is 1.92. The summed E-state index contributed by atoms with van der Waals surface area (Å²) in [6.07, 6.45) is 1.86. The molecule has 0 aromatic rings. The van der Waals surface area contributed by atoms with Crippen molar-refractivity contribution in [3.8, 4) is 0 Å². The number of carbonyl (C=O) groups excluding carboxylic acids is 1. The van der Waals surface area contributed by atoms with Crippen LogP contribution in [0.15, 0.2) is 12.2 Å². The molecule has 1 unspecified atom stereocenters. The fourth-order valence-electron chi connectivity index (χ4n) is 2.03. The Hall–Kier alpha value is -0.830. The molecule has 0 bridgehead atoms. The van der Waals surface area contributed by atoms with E-state index in [-0.39, 0.29) is 11.3 Å². The molecule has 1 N–H and O–H groups in total. The summed E-state index contributed by atoms with van der Waals surface area (Å²) in [4.78, 5) is 13.4. The standard InChI is InChI=1S/C12H21NO2/c1-9(2)10(14)13-8-6-7-11(3,4)12(13,5)15/h15H,1,6-8H2,2-5H3. The van der Waals surface area contributed by atoms with Crippen molar-refractivity contribution in [2.45, 2.75) is 46.3 Å². The third-order valence-electron chi connectivity index (χ3n) is 3.60. The van der Waals surface area contributed by atoms with Crippen molar-refractivity contribution in [1.82, 2.24) is 4.90 Å². The van der Waals surface area contributed by atoms with E-state index in [0.29, 0.717) is 12.1 Å². The minimum atomic E-state index is -1.08. The van der Waals surface area contributed by atoms with Gasteiger partial charge < -0.3 is 10.0 Å². The van der Waals surface area contributed by atoms with E-state index in [1.54, 1.807) is 18.7 Å². The van der Waals surface area contributed by atoms with E-state index in [9.17, 15) is 9.90 Å². The van der Waals surface area contributed by atoms with Gasteiger partial charge in [-0.2, -0.15) is 0 Å². The number of piperidine rings is 1. The molecule has 1 fully saturated rings. The second kappa shape index (κ2) is 3.63. The largest absolute Gasteiger partial charge is 0.370 e. The molecule has 15 heavy (non-hydrogen) atoms. The van der Waals surface area contributed by atoms with Crippen LogP contribution in [-0.4, -0.2) is 28.2 Å². The molecule has 1 aliphatic rings. The molecule has 0 spiro atoms. The van der Waals surface area contributed by atoms with Gasteiger partial charge in [-0.05, 0) is 26.7 Å². The molecule has 1 saturated heterocycles. The van der Waals surface area contributed by atoms with E-state index in [2.05, 4.69) is 6.58 Å². The van der Waals surface area contributed by atoms with Crippen LogP contribution >= 0.6 is 0 Å². The van der Waals surface area contributed by atoms with Crippen LogP contribution in [0.3, 0.4) is 0 Å². The minimum absolute atomic E-state index is 0.146. The highest BCUT2D eigenvalue weighted by Crippen LogP contribution is 2.42. The van der Waals surface area contributed by atoms with Gasteiger partial charge in [-0.25, -0.2) is 0 Å². The van der Waals surface area contributed by atoms with Gasteiger partial charge in [-0.1, -0.05) is 20.4 Å². The normalized spacial score (nSPS) is 30.1. The first kappa shape index (κ1) is 12.2. The van der Waals surface area contributed by atoms with E-state index in [0.717, 1.165) is 12.8 Å². The van der Waals surface area contributed by atoms with Gasteiger partial charge in [0.2, 0.25) is 0 Å². The molecule has 1 heterocycles. The molecule has 1 aliphatic heterocycles. The maximum Gasteiger partial charge on any atom is 0.251 e. The number of aliphatic hydroxyl groups is 1. The summed E-state index contributed by atoms with van der Waals surface area (Å²) in [5.41, 5.74) is -0.870. The summed E-state index contributed by atoms with van der Waals surface area (Å²) in [5.74, 6) is -0.146. The Morgan fingerprint density at radius 3 is 2.40 bits per heavy atom. The highest BCUT2D eigenvalue weighted by Gasteiger charge is 2.48. The zero-order valence-electron chi connectivity index (χ0n) is 10.1. The lowest BCUT2D eigenvalue weighted by atomic mass is 9.74. The molecule has 0 saturated carbocycles. The van der Waals surface area contributed by atoms with Crippen LogP contribution in [0.1, 0.15) is 40.5 Å². The molecule has 1 rings (SSSR count). The van der Waals surface area contributed by atoms with Crippen LogP contribution in [0, 0.1) is 5.41 Å². The molecule has 0 aromatic heterocycles. The molecule has 3 heteroatoms. The Morgan fingerprint density at radius 2 is 1.93 bits per heavy atom. The van der Waals surface area contributed by atoms with Crippen LogP contribution in [-0.2, 0) is 4.79 Å². The van der Waals surface area contributed by atoms with Crippen molar-refractivity contribution in [1.29, 1.82) is 0 Å². The second-order valence-electron chi connectivity index (χ2n) is 5.25. The zero-order chi connectivity index (χ0) is 11.9.